The van der Waals surface area contributed by atoms with E-state index in [9.17, 15) is 9.59 Å². The average molecular weight is 289 g/mol. The number of rotatable bonds is 4. The second-order valence-corrected chi connectivity index (χ2v) is 5.58. The Bertz CT molecular complexity index is 497. The van der Waals surface area contributed by atoms with Crippen LogP contribution < -0.4 is 10.6 Å². The number of hydrogen-bond acceptors (Lipinski definition) is 3. The fourth-order valence-corrected chi connectivity index (χ4v) is 2.79. The summed E-state index contributed by atoms with van der Waals surface area (Å²) < 4.78 is 0. The van der Waals surface area contributed by atoms with Crippen molar-refractivity contribution in [2.75, 3.05) is 32.0 Å². The zero-order valence-electron chi connectivity index (χ0n) is 12.7. The maximum Gasteiger partial charge on any atom is 0.253 e. The minimum absolute atomic E-state index is 0.0742. The summed E-state index contributed by atoms with van der Waals surface area (Å²) in [6.07, 6.45) is 2.23. The van der Waals surface area contributed by atoms with Crippen molar-refractivity contribution in [3.8, 4) is 0 Å². The molecule has 1 aromatic rings. The van der Waals surface area contributed by atoms with Crippen molar-refractivity contribution in [3.63, 3.8) is 0 Å². The third kappa shape index (κ3) is 4.29. The van der Waals surface area contributed by atoms with Crippen LogP contribution in [0.15, 0.2) is 24.3 Å². The molecular formula is C16H23N3O2. The Hall–Kier alpha value is -1.88. The number of benzene rings is 1. The molecule has 0 spiro atoms. The lowest BCUT2D eigenvalue weighted by Gasteiger charge is -2.32. The summed E-state index contributed by atoms with van der Waals surface area (Å²) in [5.41, 5.74) is 1.39. The normalized spacial score (nSPS) is 18.4. The van der Waals surface area contributed by atoms with E-state index in [1.165, 1.54) is 13.3 Å². The molecule has 1 unspecified atom stereocenters. The summed E-state index contributed by atoms with van der Waals surface area (Å²) in [7, 11) is 1.95. The Kier molecular flexibility index (Phi) is 5.33. The van der Waals surface area contributed by atoms with Crippen molar-refractivity contribution in [2.45, 2.75) is 19.8 Å². The minimum Gasteiger partial charge on any atom is -0.338 e. The van der Waals surface area contributed by atoms with E-state index in [4.69, 9.17) is 0 Å². The molecule has 21 heavy (non-hydrogen) atoms. The number of piperidine rings is 1. The highest BCUT2D eigenvalue weighted by Crippen LogP contribution is 2.19. The molecule has 0 saturated carbocycles. The number of amides is 2. The Morgan fingerprint density at radius 3 is 2.62 bits per heavy atom. The number of carbonyl (C=O) groups excluding carboxylic acids is 2. The van der Waals surface area contributed by atoms with E-state index in [1.54, 1.807) is 24.3 Å². The minimum atomic E-state index is -0.111. The van der Waals surface area contributed by atoms with Crippen LogP contribution in [0, 0.1) is 5.92 Å². The molecule has 1 aliphatic rings. The maximum absolute atomic E-state index is 12.5. The van der Waals surface area contributed by atoms with Crippen LogP contribution in [0.2, 0.25) is 0 Å². The molecule has 1 heterocycles. The van der Waals surface area contributed by atoms with Crippen LogP contribution in [0.4, 0.5) is 5.69 Å². The van der Waals surface area contributed by atoms with E-state index in [2.05, 4.69) is 10.6 Å². The lowest BCUT2D eigenvalue weighted by atomic mass is 9.97. The SMILES string of the molecule is CNCC1CCCN(C(=O)c2ccc(NC(C)=O)cc2)C1. The standard InChI is InChI=1S/C16H23N3O2/c1-12(20)18-15-7-5-14(6-8-15)16(21)19-9-3-4-13(11-19)10-17-2/h5-8,13,17H,3-4,9-11H2,1-2H3,(H,18,20). The first-order valence-electron chi connectivity index (χ1n) is 7.41. The van der Waals surface area contributed by atoms with Crippen LogP contribution in [-0.4, -0.2) is 43.4 Å². The third-order valence-electron chi connectivity index (χ3n) is 3.75. The van der Waals surface area contributed by atoms with Crippen LogP contribution in [-0.2, 0) is 4.79 Å². The van der Waals surface area contributed by atoms with E-state index in [1.807, 2.05) is 11.9 Å². The van der Waals surface area contributed by atoms with Crippen LogP contribution in [0.5, 0.6) is 0 Å². The average Bonchev–Trinajstić information content (AvgIpc) is 2.47. The van der Waals surface area contributed by atoms with Crippen molar-refractivity contribution < 1.29 is 9.59 Å². The summed E-state index contributed by atoms with van der Waals surface area (Å²) in [5, 5.41) is 5.89. The molecule has 1 aliphatic heterocycles. The molecular weight excluding hydrogens is 266 g/mol. The van der Waals surface area contributed by atoms with Gasteiger partial charge in [-0.1, -0.05) is 0 Å². The Morgan fingerprint density at radius 1 is 1.29 bits per heavy atom. The van der Waals surface area contributed by atoms with Crippen molar-refractivity contribution in [2.24, 2.45) is 5.92 Å². The number of nitrogens with zero attached hydrogens (tertiary/aromatic N) is 1. The van der Waals surface area contributed by atoms with E-state index in [0.717, 1.165) is 26.1 Å². The van der Waals surface area contributed by atoms with Gasteiger partial charge in [-0.3, -0.25) is 9.59 Å². The monoisotopic (exact) mass is 289 g/mol. The summed E-state index contributed by atoms with van der Waals surface area (Å²) >= 11 is 0. The first kappa shape index (κ1) is 15.5. The van der Waals surface area contributed by atoms with Crippen molar-refractivity contribution in [1.82, 2.24) is 10.2 Å². The van der Waals surface area contributed by atoms with Crippen LogP contribution in [0.25, 0.3) is 0 Å². The molecule has 1 aromatic carbocycles. The summed E-state index contributed by atoms with van der Waals surface area (Å²) in [4.78, 5) is 25.4. The fraction of sp³-hybridized carbons (Fsp3) is 0.500. The largest absolute Gasteiger partial charge is 0.338 e. The molecule has 5 nitrogen and oxygen atoms in total. The zero-order valence-corrected chi connectivity index (χ0v) is 12.7. The first-order chi connectivity index (χ1) is 10.1. The van der Waals surface area contributed by atoms with Gasteiger partial charge in [0, 0.05) is 31.3 Å². The maximum atomic E-state index is 12.5. The molecule has 1 saturated heterocycles. The lowest BCUT2D eigenvalue weighted by molar-refractivity contribution is -0.114. The van der Waals surface area contributed by atoms with Gasteiger partial charge in [0.2, 0.25) is 5.91 Å². The molecule has 5 heteroatoms. The molecule has 0 aromatic heterocycles. The van der Waals surface area contributed by atoms with Gasteiger partial charge in [-0.25, -0.2) is 0 Å². The van der Waals surface area contributed by atoms with Gasteiger partial charge < -0.3 is 15.5 Å². The van der Waals surface area contributed by atoms with E-state index < -0.39 is 0 Å². The second-order valence-electron chi connectivity index (χ2n) is 5.58. The fourth-order valence-electron chi connectivity index (χ4n) is 2.79. The third-order valence-corrected chi connectivity index (χ3v) is 3.75. The summed E-state index contributed by atoms with van der Waals surface area (Å²) in [5.74, 6) is 0.497. The van der Waals surface area contributed by atoms with Crippen molar-refractivity contribution >= 4 is 17.5 Å². The van der Waals surface area contributed by atoms with Gasteiger partial charge in [0.15, 0.2) is 0 Å². The Labute approximate surface area is 125 Å². The number of carbonyl (C=O) groups is 2. The van der Waals surface area contributed by atoms with Crippen LogP contribution in [0.1, 0.15) is 30.1 Å². The summed E-state index contributed by atoms with van der Waals surface area (Å²) in [6, 6.07) is 7.08. The zero-order chi connectivity index (χ0) is 15.2. The second kappa shape index (κ2) is 7.22. The molecule has 2 N–H and O–H groups in total. The van der Waals surface area contributed by atoms with Gasteiger partial charge in [0.05, 0.1) is 0 Å². The Morgan fingerprint density at radius 2 is 2.00 bits per heavy atom. The highest BCUT2D eigenvalue weighted by atomic mass is 16.2. The molecule has 0 bridgehead atoms. The predicted molar refractivity (Wildman–Crippen MR) is 83.3 cm³/mol. The number of likely N-dealkylation sites (tertiary alicyclic amines) is 1. The van der Waals surface area contributed by atoms with Gasteiger partial charge in [-0.2, -0.15) is 0 Å². The van der Waals surface area contributed by atoms with Gasteiger partial charge >= 0.3 is 0 Å². The van der Waals surface area contributed by atoms with E-state index in [-0.39, 0.29) is 11.8 Å². The number of nitrogens with one attached hydrogen (secondary N) is 2. The number of hydrogen-bond donors (Lipinski definition) is 2. The van der Waals surface area contributed by atoms with Crippen LogP contribution in [0.3, 0.4) is 0 Å². The first-order valence-corrected chi connectivity index (χ1v) is 7.41. The predicted octanol–water partition coefficient (Wildman–Crippen LogP) is 1.72. The molecule has 1 fully saturated rings. The van der Waals surface area contributed by atoms with Crippen LogP contribution >= 0.6 is 0 Å². The molecule has 1 atom stereocenters. The molecule has 0 radical (unpaired) electrons. The lowest BCUT2D eigenvalue weighted by Crippen LogP contribution is -2.42. The van der Waals surface area contributed by atoms with E-state index in [0.29, 0.717) is 17.2 Å². The number of anilines is 1. The Balaban J connectivity index is 2.00. The highest BCUT2D eigenvalue weighted by Gasteiger charge is 2.23. The van der Waals surface area contributed by atoms with Gasteiger partial charge in [-0.15, -0.1) is 0 Å². The van der Waals surface area contributed by atoms with Crippen molar-refractivity contribution in [1.29, 1.82) is 0 Å². The highest BCUT2D eigenvalue weighted by molar-refractivity contribution is 5.95. The van der Waals surface area contributed by atoms with E-state index >= 15 is 0 Å². The molecule has 114 valence electrons. The van der Waals surface area contributed by atoms with Gasteiger partial charge in [0.1, 0.15) is 0 Å². The summed E-state index contributed by atoms with van der Waals surface area (Å²) in [6.45, 7) is 4.06. The topological polar surface area (TPSA) is 61.4 Å². The quantitative estimate of drug-likeness (QED) is 0.887. The molecule has 2 rings (SSSR count). The smallest absolute Gasteiger partial charge is 0.253 e. The van der Waals surface area contributed by atoms with Crippen molar-refractivity contribution in [3.05, 3.63) is 29.8 Å². The molecule has 0 aliphatic carbocycles. The van der Waals surface area contributed by atoms with Gasteiger partial charge in [-0.05, 0) is 56.6 Å². The van der Waals surface area contributed by atoms with Gasteiger partial charge in [0.25, 0.3) is 5.91 Å². The molecule has 2 amide bonds.